The maximum Gasteiger partial charge on any atom is 0.122 e. The smallest absolute Gasteiger partial charge is 0.122 e. The Morgan fingerprint density at radius 2 is 2.10 bits per heavy atom. The number of aromatic nitrogens is 3. The van der Waals surface area contributed by atoms with E-state index in [-0.39, 0.29) is 0 Å². The van der Waals surface area contributed by atoms with Crippen molar-refractivity contribution in [1.29, 1.82) is 0 Å². The lowest BCUT2D eigenvalue weighted by Crippen LogP contribution is -2.26. The highest BCUT2D eigenvalue weighted by Crippen LogP contribution is 2.17. The van der Waals surface area contributed by atoms with Crippen molar-refractivity contribution in [3.8, 4) is 5.75 Å². The van der Waals surface area contributed by atoms with Crippen LogP contribution in [-0.2, 0) is 6.54 Å². The van der Waals surface area contributed by atoms with Gasteiger partial charge in [0, 0.05) is 44.4 Å². The predicted molar refractivity (Wildman–Crippen MR) is 81.3 cm³/mol. The number of likely N-dealkylation sites (tertiary alicyclic amines) is 1. The molecule has 0 radical (unpaired) electrons. The number of ether oxygens (including phenoxy) is 1. The second kappa shape index (κ2) is 6.72. The average molecular weight is 286 g/mol. The van der Waals surface area contributed by atoms with Crippen molar-refractivity contribution in [3.05, 3.63) is 42.7 Å². The Morgan fingerprint density at radius 1 is 1.24 bits per heavy atom. The third-order valence-electron chi connectivity index (χ3n) is 3.98. The van der Waals surface area contributed by atoms with Crippen LogP contribution in [0, 0.1) is 6.92 Å². The van der Waals surface area contributed by atoms with Crippen LogP contribution in [0.5, 0.6) is 5.75 Å². The van der Waals surface area contributed by atoms with Crippen LogP contribution in [0.15, 0.2) is 36.9 Å². The lowest BCUT2D eigenvalue weighted by atomic mass is 10.3. The van der Waals surface area contributed by atoms with E-state index in [0.717, 1.165) is 50.6 Å². The first-order valence-electron chi connectivity index (χ1n) is 7.58. The Morgan fingerprint density at radius 3 is 2.86 bits per heavy atom. The van der Waals surface area contributed by atoms with Gasteiger partial charge in [-0.05, 0) is 38.4 Å². The van der Waals surface area contributed by atoms with Crippen molar-refractivity contribution >= 4 is 0 Å². The Balaban J connectivity index is 1.40. The minimum Gasteiger partial charge on any atom is -0.489 e. The first-order valence-corrected chi connectivity index (χ1v) is 7.58. The maximum atomic E-state index is 5.98. The zero-order valence-electron chi connectivity index (χ0n) is 12.5. The van der Waals surface area contributed by atoms with Gasteiger partial charge in [0.25, 0.3) is 0 Å². The van der Waals surface area contributed by atoms with Crippen LogP contribution in [-0.4, -0.2) is 45.2 Å². The molecular weight excluding hydrogens is 264 g/mol. The largest absolute Gasteiger partial charge is 0.489 e. The van der Waals surface area contributed by atoms with Gasteiger partial charge in [-0.3, -0.25) is 9.88 Å². The molecule has 0 N–H and O–H groups in total. The van der Waals surface area contributed by atoms with E-state index in [1.807, 2.05) is 18.3 Å². The molecule has 3 rings (SSSR count). The van der Waals surface area contributed by atoms with Crippen molar-refractivity contribution in [1.82, 2.24) is 19.4 Å². The summed E-state index contributed by atoms with van der Waals surface area (Å²) in [6.45, 7) is 6.35. The third kappa shape index (κ3) is 3.82. The van der Waals surface area contributed by atoms with Gasteiger partial charge in [0.1, 0.15) is 17.7 Å². The van der Waals surface area contributed by atoms with Gasteiger partial charge in [0.05, 0.1) is 0 Å². The molecule has 5 heteroatoms. The molecule has 1 aliphatic rings. The topological polar surface area (TPSA) is 43.2 Å². The van der Waals surface area contributed by atoms with Gasteiger partial charge < -0.3 is 9.30 Å². The molecule has 0 unspecified atom stereocenters. The fraction of sp³-hybridized carbons (Fsp3) is 0.500. The molecule has 112 valence electrons. The minimum absolute atomic E-state index is 0.308. The fourth-order valence-corrected chi connectivity index (χ4v) is 2.81. The van der Waals surface area contributed by atoms with Crippen molar-refractivity contribution < 1.29 is 4.74 Å². The molecular formula is C16H22N4O. The normalized spacial score (nSPS) is 19.0. The highest BCUT2D eigenvalue weighted by atomic mass is 16.5. The second-order valence-corrected chi connectivity index (χ2v) is 5.53. The van der Waals surface area contributed by atoms with Crippen LogP contribution < -0.4 is 4.74 Å². The fourth-order valence-electron chi connectivity index (χ4n) is 2.81. The summed E-state index contributed by atoms with van der Waals surface area (Å²) in [5.74, 6) is 2.02. The lowest BCUT2D eigenvalue weighted by molar-refractivity contribution is 0.199. The van der Waals surface area contributed by atoms with Crippen molar-refractivity contribution in [2.24, 2.45) is 0 Å². The Bertz CT molecular complexity index is 554. The minimum atomic E-state index is 0.308. The van der Waals surface area contributed by atoms with E-state index in [0.29, 0.717) is 6.10 Å². The maximum absolute atomic E-state index is 5.98. The third-order valence-corrected chi connectivity index (χ3v) is 3.98. The van der Waals surface area contributed by atoms with Crippen LogP contribution in [0.3, 0.4) is 0 Å². The molecule has 21 heavy (non-hydrogen) atoms. The molecule has 0 bridgehead atoms. The molecule has 1 atom stereocenters. The number of aryl methyl sites for hydroxylation is 2. The predicted octanol–water partition coefficient (Wildman–Crippen LogP) is 2.13. The first-order chi connectivity index (χ1) is 10.3. The SMILES string of the molecule is Cc1nccn1CCCN1CC[C@@H](Oc2ccncc2)C1. The van der Waals surface area contributed by atoms with Crippen molar-refractivity contribution in [2.75, 3.05) is 19.6 Å². The Kier molecular flexibility index (Phi) is 4.50. The zero-order valence-corrected chi connectivity index (χ0v) is 12.5. The van der Waals surface area contributed by atoms with Gasteiger partial charge in [0.2, 0.25) is 0 Å². The van der Waals surface area contributed by atoms with E-state index >= 15 is 0 Å². The summed E-state index contributed by atoms with van der Waals surface area (Å²) in [6, 6.07) is 3.84. The molecule has 0 aliphatic carbocycles. The number of pyridine rings is 1. The Hall–Kier alpha value is -1.88. The Labute approximate surface area is 125 Å². The summed E-state index contributed by atoms with van der Waals surface area (Å²) in [7, 11) is 0. The van der Waals surface area contributed by atoms with Crippen LogP contribution in [0.25, 0.3) is 0 Å². The quantitative estimate of drug-likeness (QED) is 0.816. The summed E-state index contributed by atoms with van der Waals surface area (Å²) in [6.07, 6.45) is 10.0. The molecule has 0 saturated carbocycles. The van der Waals surface area contributed by atoms with E-state index in [4.69, 9.17) is 4.74 Å². The highest BCUT2D eigenvalue weighted by Gasteiger charge is 2.23. The standard InChI is InChI=1S/C16H22N4O/c1-14-18-8-12-20(14)10-2-9-19-11-5-16(13-19)21-15-3-6-17-7-4-15/h3-4,6-8,12,16H,2,5,9-11,13H2,1H3/t16-/m1/s1. The van der Waals surface area contributed by atoms with Crippen LogP contribution in [0.4, 0.5) is 0 Å². The summed E-state index contributed by atoms with van der Waals surface area (Å²) >= 11 is 0. The highest BCUT2D eigenvalue weighted by molar-refractivity contribution is 5.17. The molecule has 1 saturated heterocycles. The summed E-state index contributed by atoms with van der Waals surface area (Å²) < 4.78 is 8.19. The van der Waals surface area contributed by atoms with Crippen molar-refractivity contribution in [3.63, 3.8) is 0 Å². The van der Waals surface area contributed by atoms with Gasteiger partial charge in [-0.25, -0.2) is 4.98 Å². The number of rotatable bonds is 6. The molecule has 2 aromatic rings. The van der Waals surface area contributed by atoms with Gasteiger partial charge in [-0.2, -0.15) is 0 Å². The van der Waals surface area contributed by atoms with E-state index in [1.54, 1.807) is 12.4 Å². The van der Waals surface area contributed by atoms with Crippen LogP contribution >= 0.6 is 0 Å². The molecule has 3 heterocycles. The summed E-state index contributed by atoms with van der Waals surface area (Å²) in [4.78, 5) is 10.7. The van der Waals surface area contributed by atoms with Crippen LogP contribution in [0.1, 0.15) is 18.7 Å². The summed E-state index contributed by atoms with van der Waals surface area (Å²) in [5.41, 5.74) is 0. The molecule has 0 amide bonds. The van der Waals surface area contributed by atoms with Crippen LogP contribution in [0.2, 0.25) is 0 Å². The second-order valence-electron chi connectivity index (χ2n) is 5.53. The van der Waals surface area contributed by atoms with Crippen molar-refractivity contribution in [2.45, 2.75) is 32.4 Å². The van der Waals surface area contributed by atoms with Gasteiger partial charge in [0.15, 0.2) is 0 Å². The van der Waals surface area contributed by atoms with E-state index < -0.39 is 0 Å². The van der Waals surface area contributed by atoms with E-state index in [2.05, 4.69) is 32.6 Å². The molecule has 2 aromatic heterocycles. The molecule has 1 fully saturated rings. The molecule has 1 aliphatic heterocycles. The van der Waals surface area contributed by atoms with E-state index in [1.165, 1.54) is 0 Å². The molecule has 0 aromatic carbocycles. The lowest BCUT2D eigenvalue weighted by Gasteiger charge is -2.17. The molecule has 0 spiro atoms. The summed E-state index contributed by atoms with van der Waals surface area (Å²) in [5, 5.41) is 0. The first kappa shape index (κ1) is 14.1. The average Bonchev–Trinajstić information content (AvgIpc) is 3.10. The number of nitrogens with zero attached hydrogens (tertiary/aromatic N) is 4. The number of imidazole rings is 1. The number of hydrogen-bond donors (Lipinski definition) is 0. The molecule has 5 nitrogen and oxygen atoms in total. The monoisotopic (exact) mass is 286 g/mol. The van der Waals surface area contributed by atoms with Gasteiger partial charge in [-0.15, -0.1) is 0 Å². The zero-order chi connectivity index (χ0) is 14.5. The van der Waals surface area contributed by atoms with Gasteiger partial charge in [-0.1, -0.05) is 0 Å². The van der Waals surface area contributed by atoms with Gasteiger partial charge >= 0.3 is 0 Å². The van der Waals surface area contributed by atoms with E-state index in [9.17, 15) is 0 Å². The number of hydrogen-bond acceptors (Lipinski definition) is 4.